The maximum atomic E-state index is 13.1. The third kappa shape index (κ3) is 2.10. The molecule has 1 aromatic heterocycles. The number of nitrogens with two attached hydrogens (primary N) is 1. The average molecular weight is 282 g/mol. The van der Waals surface area contributed by atoms with E-state index in [9.17, 15) is 17.6 Å². The van der Waals surface area contributed by atoms with Crippen molar-refractivity contribution in [1.82, 2.24) is 9.55 Å². The van der Waals surface area contributed by atoms with Gasteiger partial charge >= 0.3 is 12.3 Å². The van der Waals surface area contributed by atoms with Gasteiger partial charge in [0.1, 0.15) is 0 Å². The predicted octanol–water partition coefficient (Wildman–Crippen LogP) is 3.17. The van der Waals surface area contributed by atoms with Gasteiger partial charge in [0.25, 0.3) is 0 Å². The van der Waals surface area contributed by atoms with Crippen LogP contribution in [0.3, 0.4) is 0 Å². The maximum absolute atomic E-state index is 13.1. The fourth-order valence-corrected chi connectivity index (χ4v) is 1.87. The molecule has 8 heteroatoms. The summed E-state index contributed by atoms with van der Waals surface area (Å²) in [4.78, 5) is 3.80. The number of benzene rings is 1. The van der Waals surface area contributed by atoms with Crippen molar-refractivity contribution < 1.29 is 17.6 Å². The lowest BCUT2D eigenvalue weighted by Gasteiger charge is -2.17. The number of anilines is 1. The Hall–Kier alpha value is -1.50. The highest BCUT2D eigenvalue weighted by molar-refractivity contribution is 6.35. The van der Waals surface area contributed by atoms with Crippen LogP contribution in [0.25, 0.3) is 11.0 Å². The third-order valence-corrected chi connectivity index (χ3v) is 2.74. The molecule has 0 fully saturated rings. The first-order valence-electron chi connectivity index (χ1n) is 4.89. The van der Waals surface area contributed by atoms with Crippen molar-refractivity contribution in [2.75, 3.05) is 5.73 Å². The molecule has 0 radical (unpaired) electrons. The molecule has 0 saturated carbocycles. The van der Waals surface area contributed by atoms with E-state index >= 15 is 0 Å². The number of fused-ring (bicyclic) bond motifs is 1. The molecular formula is C10H8ClF4N3. The number of aromatic nitrogens is 2. The van der Waals surface area contributed by atoms with Gasteiger partial charge in [-0.3, -0.25) is 0 Å². The lowest BCUT2D eigenvalue weighted by Crippen LogP contribution is -2.32. The summed E-state index contributed by atoms with van der Waals surface area (Å²) in [5, 5.41) is 0.127. The maximum Gasteiger partial charge on any atom is 0.324 e. The highest BCUT2D eigenvalue weighted by atomic mass is 35.5. The molecule has 3 nitrogen and oxygen atoms in total. The number of rotatable bonds is 3. The molecule has 0 aliphatic carbocycles. The van der Waals surface area contributed by atoms with Gasteiger partial charge in [-0.05, 0) is 12.1 Å². The second-order valence-electron chi connectivity index (χ2n) is 3.73. The summed E-state index contributed by atoms with van der Waals surface area (Å²) >= 11 is 5.84. The SMILES string of the molecule is Nc1nc2cccc(Cl)c2n1CC(F)(F)C(F)F. The monoisotopic (exact) mass is 281 g/mol. The van der Waals surface area contributed by atoms with Crippen molar-refractivity contribution in [1.29, 1.82) is 0 Å². The molecule has 0 unspecified atom stereocenters. The van der Waals surface area contributed by atoms with Gasteiger partial charge in [0.05, 0.1) is 22.6 Å². The Bertz CT molecular complexity index is 582. The molecule has 1 aromatic carbocycles. The van der Waals surface area contributed by atoms with Crippen LogP contribution in [0.2, 0.25) is 5.02 Å². The van der Waals surface area contributed by atoms with E-state index in [0.29, 0.717) is 0 Å². The highest BCUT2D eigenvalue weighted by Gasteiger charge is 2.42. The Labute approximate surface area is 104 Å². The predicted molar refractivity (Wildman–Crippen MR) is 60.1 cm³/mol. The Morgan fingerprint density at radius 1 is 1.39 bits per heavy atom. The summed E-state index contributed by atoms with van der Waals surface area (Å²) in [7, 11) is 0. The Kier molecular flexibility index (Phi) is 3.10. The van der Waals surface area contributed by atoms with Gasteiger partial charge in [-0.2, -0.15) is 8.78 Å². The molecule has 2 N–H and O–H groups in total. The van der Waals surface area contributed by atoms with Gasteiger partial charge in [-0.1, -0.05) is 17.7 Å². The first-order valence-corrected chi connectivity index (χ1v) is 5.27. The topological polar surface area (TPSA) is 43.8 Å². The molecule has 0 amide bonds. The van der Waals surface area contributed by atoms with Crippen LogP contribution in [0.4, 0.5) is 23.5 Å². The first-order chi connectivity index (χ1) is 8.33. The molecule has 0 atom stereocenters. The zero-order valence-corrected chi connectivity index (χ0v) is 9.63. The van der Waals surface area contributed by atoms with Crippen molar-refractivity contribution in [3.8, 4) is 0 Å². The molecule has 98 valence electrons. The van der Waals surface area contributed by atoms with E-state index in [1.807, 2.05) is 0 Å². The smallest absolute Gasteiger partial charge is 0.324 e. The fourth-order valence-electron chi connectivity index (χ4n) is 1.60. The molecule has 2 aromatic rings. The van der Waals surface area contributed by atoms with Gasteiger partial charge in [0, 0.05) is 0 Å². The largest absolute Gasteiger partial charge is 0.369 e. The van der Waals surface area contributed by atoms with Gasteiger partial charge in [-0.15, -0.1) is 0 Å². The minimum atomic E-state index is -4.19. The molecule has 2 rings (SSSR count). The number of hydrogen-bond donors (Lipinski definition) is 1. The summed E-state index contributed by atoms with van der Waals surface area (Å²) in [6.07, 6.45) is -3.78. The van der Waals surface area contributed by atoms with Crippen molar-refractivity contribution in [3.05, 3.63) is 23.2 Å². The Balaban J connectivity index is 2.54. The number of para-hydroxylation sites is 1. The molecule has 0 saturated heterocycles. The van der Waals surface area contributed by atoms with Crippen LogP contribution in [0.1, 0.15) is 0 Å². The van der Waals surface area contributed by atoms with Gasteiger partial charge < -0.3 is 10.3 Å². The molecule has 0 bridgehead atoms. The fraction of sp³-hybridized carbons (Fsp3) is 0.300. The van der Waals surface area contributed by atoms with E-state index in [2.05, 4.69) is 4.98 Å². The Morgan fingerprint density at radius 2 is 2.06 bits per heavy atom. The van der Waals surface area contributed by atoms with Crippen LogP contribution in [0, 0.1) is 0 Å². The standard InChI is InChI=1S/C10H8ClF4N3/c11-5-2-1-3-6-7(5)18(9(16)17-6)4-10(14,15)8(12)13/h1-3,8H,4H2,(H2,16,17). The van der Waals surface area contributed by atoms with Crippen LogP contribution in [-0.4, -0.2) is 21.9 Å². The van der Waals surface area contributed by atoms with Crippen LogP contribution in [0.15, 0.2) is 18.2 Å². The number of nitrogen functional groups attached to an aromatic ring is 1. The number of imidazole rings is 1. The van der Waals surface area contributed by atoms with E-state index in [-0.39, 0.29) is 22.0 Å². The van der Waals surface area contributed by atoms with Crippen molar-refractivity contribution in [3.63, 3.8) is 0 Å². The lowest BCUT2D eigenvalue weighted by molar-refractivity contribution is -0.136. The normalized spacial score (nSPS) is 12.6. The van der Waals surface area contributed by atoms with Gasteiger partial charge in [-0.25, -0.2) is 13.8 Å². The van der Waals surface area contributed by atoms with E-state index < -0.39 is 18.9 Å². The molecule has 0 aliphatic heterocycles. The molecule has 1 heterocycles. The van der Waals surface area contributed by atoms with Crippen molar-refractivity contribution >= 4 is 28.6 Å². The quantitative estimate of drug-likeness (QED) is 0.878. The number of hydrogen-bond acceptors (Lipinski definition) is 2. The van der Waals surface area contributed by atoms with E-state index in [0.717, 1.165) is 4.57 Å². The lowest BCUT2D eigenvalue weighted by atomic mass is 10.3. The van der Waals surface area contributed by atoms with Gasteiger partial charge in [0.15, 0.2) is 0 Å². The molecule has 18 heavy (non-hydrogen) atoms. The number of halogens is 5. The van der Waals surface area contributed by atoms with E-state index in [4.69, 9.17) is 17.3 Å². The second-order valence-corrected chi connectivity index (χ2v) is 4.13. The summed E-state index contributed by atoms with van der Waals surface area (Å²) < 4.78 is 51.3. The zero-order valence-electron chi connectivity index (χ0n) is 8.88. The summed E-state index contributed by atoms with van der Waals surface area (Å²) in [6, 6.07) is 4.52. The van der Waals surface area contributed by atoms with Crippen LogP contribution < -0.4 is 5.73 Å². The molecule has 0 aliphatic rings. The minimum absolute atomic E-state index is 0.122. The number of alkyl halides is 4. The summed E-state index contributed by atoms with van der Waals surface area (Å²) in [6.45, 7) is -1.27. The second kappa shape index (κ2) is 4.31. The van der Waals surface area contributed by atoms with Crippen molar-refractivity contribution in [2.24, 2.45) is 0 Å². The van der Waals surface area contributed by atoms with Gasteiger partial charge in [0.2, 0.25) is 5.95 Å². The highest BCUT2D eigenvalue weighted by Crippen LogP contribution is 2.31. The summed E-state index contributed by atoms with van der Waals surface area (Å²) in [5.41, 5.74) is 5.85. The number of nitrogens with zero attached hydrogens (tertiary/aromatic N) is 2. The first kappa shape index (κ1) is 12.9. The van der Waals surface area contributed by atoms with Crippen molar-refractivity contribution in [2.45, 2.75) is 18.9 Å². The zero-order chi connectivity index (χ0) is 13.5. The van der Waals surface area contributed by atoms with Crippen LogP contribution >= 0.6 is 11.6 Å². The van der Waals surface area contributed by atoms with Crippen LogP contribution in [-0.2, 0) is 6.54 Å². The minimum Gasteiger partial charge on any atom is -0.369 e. The molecule has 0 spiro atoms. The third-order valence-electron chi connectivity index (χ3n) is 2.44. The van der Waals surface area contributed by atoms with E-state index in [1.54, 1.807) is 6.07 Å². The Morgan fingerprint density at radius 3 is 2.67 bits per heavy atom. The van der Waals surface area contributed by atoms with E-state index in [1.165, 1.54) is 12.1 Å². The summed E-state index contributed by atoms with van der Waals surface area (Å²) in [5.74, 6) is -4.47. The van der Waals surface area contributed by atoms with Crippen LogP contribution in [0.5, 0.6) is 0 Å². The molecular weight excluding hydrogens is 274 g/mol. The average Bonchev–Trinajstić information content (AvgIpc) is 2.56.